The van der Waals surface area contributed by atoms with Gasteiger partial charge in [0.05, 0.1) is 12.1 Å². The minimum absolute atomic E-state index is 0.100. The molecule has 96 valence electrons. The zero-order valence-electron chi connectivity index (χ0n) is 10.9. The molecule has 0 saturated carbocycles. The number of hydrogen-bond donors (Lipinski definition) is 2. The molecule has 4 nitrogen and oxygen atoms in total. The van der Waals surface area contributed by atoms with E-state index < -0.39 is 11.5 Å². The fourth-order valence-electron chi connectivity index (χ4n) is 2.15. The Morgan fingerprint density at radius 1 is 1.39 bits per heavy atom. The molecule has 0 amide bonds. The van der Waals surface area contributed by atoms with E-state index >= 15 is 0 Å². The minimum Gasteiger partial charge on any atom is -0.481 e. The van der Waals surface area contributed by atoms with Gasteiger partial charge in [-0.05, 0) is 19.9 Å². The first-order chi connectivity index (χ1) is 8.42. The maximum Gasteiger partial charge on any atom is 0.305 e. The second-order valence-corrected chi connectivity index (χ2v) is 5.16. The standard InChI is InChI=1S/C14H18N2O2/c1-14(2,8-13(17)18)16(3)12-9-15-11-7-5-4-6-10(11)12/h4-7,9,15H,8H2,1-3H3,(H,17,18). The number of nitrogens with one attached hydrogen (secondary N) is 1. The molecule has 0 fully saturated rings. The van der Waals surface area contributed by atoms with Crippen molar-refractivity contribution in [3.63, 3.8) is 0 Å². The van der Waals surface area contributed by atoms with E-state index in [1.807, 2.05) is 56.3 Å². The summed E-state index contributed by atoms with van der Waals surface area (Å²) in [7, 11) is 1.93. The summed E-state index contributed by atoms with van der Waals surface area (Å²) >= 11 is 0. The minimum atomic E-state index is -0.785. The molecule has 0 aliphatic heterocycles. The lowest BCUT2D eigenvalue weighted by Gasteiger charge is -2.36. The predicted octanol–water partition coefficient (Wildman–Crippen LogP) is 2.86. The number of anilines is 1. The molecule has 0 spiro atoms. The summed E-state index contributed by atoms with van der Waals surface area (Å²) in [6, 6.07) is 8.01. The van der Waals surface area contributed by atoms with Crippen molar-refractivity contribution in [2.75, 3.05) is 11.9 Å². The van der Waals surface area contributed by atoms with E-state index in [1.54, 1.807) is 0 Å². The molecule has 0 saturated heterocycles. The number of para-hydroxylation sites is 1. The molecule has 1 heterocycles. The number of aromatic nitrogens is 1. The SMILES string of the molecule is CN(c1c[nH]c2ccccc12)C(C)(C)CC(=O)O. The molecule has 0 bridgehead atoms. The van der Waals surface area contributed by atoms with Gasteiger partial charge in [-0.15, -0.1) is 0 Å². The van der Waals surface area contributed by atoms with Crippen LogP contribution in [0.5, 0.6) is 0 Å². The maximum atomic E-state index is 10.9. The highest BCUT2D eigenvalue weighted by Crippen LogP contribution is 2.31. The van der Waals surface area contributed by atoms with Crippen molar-refractivity contribution in [1.29, 1.82) is 0 Å². The molecule has 4 heteroatoms. The van der Waals surface area contributed by atoms with Gasteiger partial charge in [0.25, 0.3) is 0 Å². The highest BCUT2D eigenvalue weighted by molar-refractivity contribution is 5.93. The third kappa shape index (κ3) is 2.18. The van der Waals surface area contributed by atoms with Gasteiger partial charge in [0.1, 0.15) is 0 Å². The molecule has 2 aromatic rings. The molecule has 1 aromatic carbocycles. The van der Waals surface area contributed by atoms with Crippen LogP contribution in [0.1, 0.15) is 20.3 Å². The largest absolute Gasteiger partial charge is 0.481 e. The van der Waals surface area contributed by atoms with Gasteiger partial charge in [0, 0.05) is 29.7 Å². The normalized spacial score (nSPS) is 11.7. The molecule has 1 aromatic heterocycles. The van der Waals surface area contributed by atoms with Crippen LogP contribution >= 0.6 is 0 Å². The molecule has 2 rings (SSSR count). The number of rotatable bonds is 4. The third-order valence-electron chi connectivity index (χ3n) is 3.42. The molecule has 0 aliphatic rings. The van der Waals surface area contributed by atoms with Crippen LogP contribution in [0.15, 0.2) is 30.5 Å². The second-order valence-electron chi connectivity index (χ2n) is 5.16. The van der Waals surface area contributed by atoms with E-state index in [4.69, 9.17) is 5.11 Å². The van der Waals surface area contributed by atoms with E-state index in [-0.39, 0.29) is 6.42 Å². The number of carboxylic acid groups (broad SMARTS) is 1. The number of fused-ring (bicyclic) bond motifs is 1. The van der Waals surface area contributed by atoms with E-state index in [0.29, 0.717) is 0 Å². The summed E-state index contributed by atoms with van der Waals surface area (Å²) < 4.78 is 0. The van der Waals surface area contributed by atoms with Crippen LogP contribution in [0, 0.1) is 0 Å². The van der Waals surface area contributed by atoms with Gasteiger partial charge in [-0.25, -0.2) is 0 Å². The number of benzene rings is 1. The zero-order chi connectivity index (χ0) is 13.3. The van der Waals surface area contributed by atoms with Crippen molar-refractivity contribution in [3.05, 3.63) is 30.5 Å². The first kappa shape index (κ1) is 12.5. The van der Waals surface area contributed by atoms with Crippen molar-refractivity contribution in [3.8, 4) is 0 Å². The Morgan fingerprint density at radius 2 is 2.06 bits per heavy atom. The van der Waals surface area contributed by atoms with Gasteiger partial charge in [-0.1, -0.05) is 18.2 Å². The average molecular weight is 246 g/mol. The molecule has 18 heavy (non-hydrogen) atoms. The van der Waals surface area contributed by atoms with Crippen LogP contribution in [0.25, 0.3) is 10.9 Å². The first-order valence-electron chi connectivity index (χ1n) is 5.93. The Hall–Kier alpha value is -1.97. The molecule has 0 radical (unpaired) electrons. The number of aliphatic carboxylic acids is 1. The van der Waals surface area contributed by atoms with Gasteiger partial charge in [0.2, 0.25) is 0 Å². The summed E-state index contributed by atoms with van der Waals surface area (Å²) in [5.41, 5.74) is 1.65. The number of aromatic amines is 1. The van der Waals surface area contributed by atoms with Crippen molar-refractivity contribution >= 4 is 22.6 Å². The lowest BCUT2D eigenvalue weighted by atomic mass is 9.98. The van der Waals surface area contributed by atoms with Crippen LogP contribution in [0.3, 0.4) is 0 Å². The van der Waals surface area contributed by atoms with E-state index in [0.717, 1.165) is 16.6 Å². The van der Waals surface area contributed by atoms with Gasteiger partial charge in [-0.2, -0.15) is 0 Å². The first-order valence-corrected chi connectivity index (χ1v) is 5.93. The highest BCUT2D eigenvalue weighted by Gasteiger charge is 2.28. The van der Waals surface area contributed by atoms with Crippen molar-refractivity contribution < 1.29 is 9.90 Å². The van der Waals surface area contributed by atoms with Gasteiger partial charge in [-0.3, -0.25) is 4.79 Å². The van der Waals surface area contributed by atoms with Crippen molar-refractivity contribution in [2.45, 2.75) is 25.8 Å². The quantitative estimate of drug-likeness (QED) is 0.872. The summed E-state index contributed by atoms with van der Waals surface area (Å²) in [5.74, 6) is -0.785. The lowest BCUT2D eigenvalue weighted by molar-refractivity contribution is -0.138. The number of hydrogen-bond acceptors (Lipinski definition) is 2. The fourth-order valence-corrected chi connectivity index (χ4v) is 2.15. The molecule has 0 aliphatic carbocycles. The molecule has 0 atom stereocenters. The van der Waals surface area contributed by atoms with Crippen molar-refractivity contribution in [2.24, 2.45) is 0 Å². The molecule has 0 unspecified atom stereocenters. The highest BCUT2D eigenvalue weighted by atomic mass is 16.4. The van der Waals surface area contributed by atoms with Crippen LogP contribution in [0.4, 0.5) is 5.69 Å². The Morgan fingerprint density at radius 3 is 2.72 bits per heavy atom. The van der Waals surface area contributed by atoms with E-state index in [1.165, 1.54) is 0 Å². The summed E-state index contributed by atoms with van der Waals surface area (Å²) in [4.78, 5) is 16.1. The van der Waals surface area contributed by atoms with E-state index in [2.05, 4.69) is 4.98 Å². The number of carboxylic acids is 1. The van der Waals surface area contributed by atoms with Gasteiger partial charge < -0.3 is 15.0 Å². The Labute approximate surface area is 106 Å². The maximum absolute atomic E-state index is 10.9. The molecular weight excluding hydrogens is 228 g/mol. The Kier molecular flexibility index (Phi) is 3.03. The Bertz CT molecular complexity index is 572. The smallest absolute Gasteiger partial charge is 0.305 e. The fraction of sp³-hybridized carbons (Fsp3) is 0.357. The number of H-pyrrole nitrogens is 1. The summed E-state index contributed by atoms with van der Waals surface area (Å²) in [6.07, 6.45) is 2.03. The topological polar surface area (TPSA) is 56.3 Å². The van der Waals surface area contributed by atoms with Crippen LogP contribution in [-0.2, 0) is 4.79 Å². The Balaban J connectivity index is 2.39. The lowest BCUT2D eigenvalue weighted by Crippen LogP contribution is -2.42. The van der Waals surface area contributed by atoms with Gasteiger partial charge in [0.15, 0.2) is 0 Å². The van der Waals surface area contributed by atoms with E-state index in [9.17, 15) is 4.79 Å². The molecular formula is C14H18N2O2. The van der Waals surface area contributed by atoms with Crippen LogP contribution in [0.2, 0.25) is 0 Å². The molecule has 2 N–H and O–H groups in total. The summed E-state index contributed by atoms with van der Waals surface area (Å²) in [6.45, 7) is 3.87. The van der Waals surface area contributed by atoms with Crippen molar-refractivity contribution in [1.82, 2.24) is 4.98 Å². The zero-order valence-corrected chi connectivity index (χ0v) is 10.9. The number of nitrogens with zero attached hydrogens (tertiary/aromatic N) is 1. The monoisotopic (exact) mass is 246 g/mol. The summed E-state index contributed by atoms with van der Waals surface area (Å²) in [5, 5.41) is 10.1. The van der Waals surface area contributed by atoms with Gasteiger partial charge >= 0.3 is 5.97 Å². The third-order valence-corrected chi connectivity index (χ3v) is 3.42. The number of carbonyl (C=O) groups is 1. The average Bonchev–Trinajstić information content (AvgIpc) is 2.69. The second kappa shape index (κ2) is 4.37. The van der Waals surface area contributed by atoms with Crippen LogP contribution < -0.4 is 4.90 Å². The predicted molar refractivity (Wildman–Crippen MR) is 73.0 cm³/mol. The van der Waals surface area contributed by atoms with Crippen LogP contribution in [-0.4, -0.2) is 28.6 Å².